The molecule has 3 amide bonds. The Morgan fingerprint density at radius 3 is 2.84 bits per heavy atom. The van der Waals surface area contributed by atoms with Crippen LogP contribution in [0.25, 0.3) is 0 Å². The number of hydrogen-bond donors (Lipinski definition) is 4. The second-order valence-electron chi connectivity index (χ2n) is 4.25. The van der Waals surface area contributed by atoms with Gasteiger partial charge in [-0.25, -0.2) is 0 Å². The van der Waals surface area contributed by atoms with Crippen LogP contribution in [0.2, 0.25) is 0 Å². The van der Waals surface area contributed by atoms with Crippen molar-refractivity contribution in [3.8, 4) is 0 Å². The van der Waals surface area contributed by atoms with E-state index in [9.17, 15) is 14.4 Å². The molecule has 1 aliphatic heterocycles. The Labute approximate surface area is 111 Å². The van der Waals surface area contributed by atoms with Crippen molar-refractivity contribution >= 4 is 17.7 Å². The maximum absolute atomic E-state index is 11.8. The predicted molar refractivity (Wildman–Crippen MR) is 67.3 cm³/mol. The van der Waals surface area contributed by atoms with Crippen molar-refractivity contribution in [2.24, 2.45) is 0 Å². The molecule has 0 aromatic rings. The number of ether oxygens (including phenoxy) is 1. The minimum Gasteiger partial charge on any atom is -0.383 e. The number of carbonyl (C=O) groups excluding carboxylic acids is 3. The second-order valence-corrected chi connectivity index (χ2v) is 4.25. The molecule has 8 heteroatoms. The molecule has 0 spiro atoms. The average Bonchev–Trinajstić information content (AvgIpc) is 2.39. The number of nitrogens with one attached hydrogen (secondary N) is 4. The van der Waals surface area contributed by atoms with Gasteiger partial charge in [-0.05, 0) is 6.92 Å². The molecule has 108 valence electrons. The molecule has 1 saturated heterocycles. The molecule has 0 aliphatic carbocycles. The van der Waals surface area contributed by atoms with Crippen LogP contribution in [0, 0.1) is 0 Å². The number of methoxy groups -OCH3 is 1. The van der Waals surface area contributed by atoms with Gasteiger partial charge in [0.1, 0.15) is 12.1 Å². The highest BCUT2D eigenvalue weighted by Gasteiger charge is 2.26. The van der Waals surface area contributed by atoms with Crippen LogP contribution in [0.4, 0.5) is 0 Å². The Morgan fingerprint density at radius 1 is 1.53 bits per heavy atom. The van der Waals surface area contributed by atoms with Crippen molar-refractivity contribution in [1.82, 2.24) is 21.3 Å². The molecular weight excluding hydrogens is 252 g/mol. The van der Waals surface area contributed by atoms with Gasteiger partial charge in [0.25, 0.3) is 0 Å². The molecule has 1 heterocycles. The van der Waals surface area contributed by atoms with E-state index in [0.717, 1.165) is 0 Å². The SMILES string of the molecule is COCCNC(=O)C(C)NC(=O)C1CNC(=O)CN1. The van der Waals surface area contributed by atoms with Crippen molar-refractivity contribution in [3.63, 3.8) is 0 Å². The molecule has 2 atom stereocenters. The first-order valence-electron chi connectivity index (χ1n) is 6.11. The Hall–Kier alpha value is -1.67. The zero-order valence-corrected chi connectivity index (χ0v) is 11.1. The van der Waals surface area contributed by atoms with Gasteiger partial charge in [-0.3, -0.25) is 19.7 Å². The Kier molecular flexibility index (Phi) is 6.23. The van der Waals surface area contributed by atoms with Gasteiger partial charge in [0.2, 0.25) is 17.7 Å². The summed E-state index contributed by atoms with van der Waals surface area (Å²) >= 11 is 0. The topological polar surface area (TPSA) is 109 Å². The fourth-order valence-corrected chi connectivity index (χ4v) is 1.56. The van der Waals surface area contributed by atoms with Crippen molar-refractivity contribution in [2.45, 2.75) is 19.0 Å². The number of hydrogen-bond acceptors (Lipinski definition) is 5. The molecule has 8 nitrogen and oxygen atoms in total. The Morgan fingerprint density at radius 2 is 2.26 bits per heavy atom. The summed E-state index contributed by atoms with van der Waals surface area (Å²) in [6.45, 7) is 2.74. The van der Waals surface area contributed by atoms with Crippen molar-refractivity contribution in [1.29, 1.82) is 0 Å². The van der Waals surface area contributed by atoms with Gasteiger partial charge in [-0.15, -0.1) is 0 Å². The van der Waals surface area contributed by atoms with Gasteiger partial charge in [0, 0.05) is 20.2 Å². The summed E-state index contributed by atoms with van der Waals surface area (Å²) in [5, 5.41) is 10.6. The molecule has 1 fully saturated rings. The standard InChI is InChI=1S/C11H20N4O4/c1-7(10(17)12-3-4-19-2)15-11(18)8-5-14-9(16)6-13-8/h7-8,13H,3-6H2,1-2H3,(H,12,17)(H,14,16)(H,15,18). The predicted octanol–water partition coefficient (Wildman–Crippen LogP) is -2.66. The van der Waals surface area contributed by atoms with E-state index in [0.29, 0.717) is 13.2 Å². The molecule has 0 aromatic carbocycles. The maximum Gasteiger partial charge on any atom is 0.242 e. The van der Waals surface area contributed by atoms with E-state index in [1.165, 1.54) is 0 Å². The van der Waals surface area contributed by atoms with E-state index in [1.807, 2.05) is 0 Å². The van der Waals surface area contributed by atoms with E-state index in [4.69, 9.17) is 4.74 Å². The van der Waals surface area contributed by atoms with Gasteiger partial charge < -0.3 is 20.7 Å². The maximum atomic E-state index is 11.8. The molecule has 0 bridgehead atoms. The summed E-state index contributed by atoms with van der Waals surface area (Å²) in [5.41, 5.74) is 0. The molecule has 2 unspecified atom stereocenters. The fourth-order valence-electron chi connectivity index (χ4n) is 1.56. The first kappa shape index (κ1) is 15.4. The molecular formula is C11H20N4O4. The summed E-state index contributed by atoms with van der Waals surface area (Å²) < 4.78 is 4.81. The van der Waals surface area contributed by atoms with Crippen LogP contribution in [0.1, 0.15) is 6.92 Å². The van der Waals surface area contributed by atoms with Crippen LogP contribution >= 0.6 is 0 Å². The second kappa shape index (κ2) is 7.70. The molecule has 19 heavy (non-hydrogen) atoms. The van der Waals surface area contributed by atoms with Crippen molar-refractivity contribution < 1.29 is 19.1 Å². The third kappa shape index (κ3) is 5.23. The first-order chi connectivity index (χ1) is 9.04. The zero-order chi connectivity index (χ0) is 14.3. The fraction of sp³-hybridized carbons (Fsp3) is 0.727. The highest BCUT2D eigenvalue weighted by molar-refractivity contribution is 5.91. The van der Waals surface area contributed by atoms with Gasteiger partial charge in [-0.2, -0.15) is 0 Å². The van der Waals surface area contributed by atoms with E-state index < -0.39 is 12.1 Å². The molecule has 4 N–H and O–H groups in total. The molecule has 0 aromatic heterocycles. The van der Waals surface area contributed by atoms with Crippen molar-refractivity contribution in [2.75, 3.05) is 33.4 Å². The van der Waals surface area contributed by atoms with Gasteiger partial charge in [-0.1, -0.05) is 0 Å². The lowest BCUT2D eigenvalue weighted by Gasteiger charge is -2.24. The molecule has 1 aliphatic rings. The van der Waals surface area contributed by atoms with Gasteiger partial charge in [0.15, 0.2) is 0 Å². The largest absolute Gasteiger partial charge is 0.383 e. The number of piperazine rings is 1. The van der Waals surface area contributed by atoms with E-state index in [1.54, 1.807) is 14.0 Å². The van der Waals surface area contributed by atoms with Crippen LogP contribution in [0.3, 0.4) is 0 Å². The normalized spacial score (nSPS) is 20.3. The van der Waals surface area contributed by atoms with Crippen LogP contribution in [-0.2, 0) is 19.1 Å². The number of rotatable bonds is 6. The zero-order valence-electron chi connectivity index (χ0n) is 11.1. The van der Waals surface area contributed by atoms with E-state index >= 15 is 0 Å². The Balaban J connectivity index is 2.30. The number of carbonyl (C=O) groups is 3. The molecule has 1 rings (SSSR count). The highest BCUT2D eigenvalue weighted by Crippen LogP contribution is 1.91. The molecule has 0 radical (unpaired) electrons. The van der Waals surface area contributed by atoms with Gasteiger partial charge in [0.05, 0.1) is 13.2 Å². The molecule has 0 saturated carbocycles. The van der Waals surface area contributed by atoms with E-state index in [2.05, 4.69) is 21.3 Å². The first-order valence-corrected chi connectivity index (χ1v) is 6.11. The minimum absolute atomic E-state index is 0.104. The quantitative estimate of drug-likeness (QED) is 0.395. The minimum atomic E-state index is -0.635. The summed E-state index contributed by atoms with van der Waals surface area (Å²) in [5.74, 6) is -0.728. The van der Waals surface area contributed by atoms with E-state index in [-0.39, 0.29) is 30.8 Å². The smallest absolute Gasteiger partial charge is 0.242 e. The highest BCUT2D eigenvalue weighted by atomic mass is 16.5. The lowest BCUT2D eigenvalue weighted by atomic mass is 10.2. The average molecular weight is 272 g/mol. The monoisotopic (exact) mass is 272 g/mol. The lowest BCUT2D eigenvalue weighted by molar-refractivity contribution is -0.131. The summed E-state index contributed by atoms with van der Waals surface area (Å²) in [4.78, 5) is 34.4. The summed E-state index contributed by atoms with van der Waals surface area (Å²) in [6.07, 6.45) is 0. The lowest BCUT2D eigenvalue weighted by Crippen LogP contribution is -2.60. The third-order valence-corrected chi connectivity index (χ3v) is 2.69. The third-order valence-electron chi connectivity index (χ3n) is 2.69. The summed E-state index contributed by atoms with van der Waals surface area (Å²) in [7, 11) is 1.54. The number of amides is 3. The van der Waals surface area contributed by atoms with Crippen LogP contribution in [0.5, 0.6) is 0 Å². The van der Waals surface area contributed by atoms with Crippen LogP contribution < -0.4 is 21.3 Å². The van der Waals surface area contributed by atoms with Gasteiger partial charge >= 0.3 is 0 Å². The van der Waals surface area contributed by atoms with Crippen LogP contribution in [-0.4, -0.2) is 63.2 Å². The summed E-state index contributed by atoms with van der Waals surface area (Å²) in [6, 6.07) is -1.14. The Bertz CT molecular complexity index is 338. The van der Waals surface area contributed by atoms with Crippen LogP contribution in [0.15, 0.2) is 0 Å². The van der Waals surface area contributed by atoms with Crippen molar-refractivity contribution in [3.05, 3.63) is 0 Å².